The number of pyridine rings is 1. The minimum Gasteiger partial charge on any atom is -0.356 e. The molecule has 0 saturated heterocycles. The lowest BCUT2D eigenvalue weighted by atomic mass is 10.1. The van der Waals surface area contributed by atoms with E-state index in [-0.39, 0.29) is 29.8 Å². The van der Waals surface area contributed by atoms with Gasteiger partial charge in [0.2, 0.25) is 0 Å². The summed E-state index contributed by atoms with van der Waals surface area (Å²) in [6.45, 7) is 1.19. The Labute approximate surface area is 175 Å². The first kappa shape index (κ1) is 20.8. The molecule has 142 valence electrons. The fourth-order valence-corrected chi connectivity index (χ4v) is 2.52. The Bertz CT molecular complexity index is 866. The third-order valence-electron chi connectivity index (χ3n) is 3.88. The van der Waals surface area contributed by atoms with Crippen LogP contribution in [0.5, 0.6) is 0 Å². The summed E-state index contributed by atoms with van der Waals surface area (Å²) in [5.41, 5.74) is 1.75. The minimum atomic E-state index is -0.180. The topological polar surface area (TPSA) is 67.1 Å². The van der Waals surface area contributed by atoms with Crippen LogP contribution >= 0.6 is 24.0 Å². The number of nitrogens with zero attached hydrogens (tertiary/aromatic N) is 4. The van der Waals surface area contributed by atoms with Crippen LogP contribution in [0.1, 0.15) is 11.1 Å². The number of guanidine groups is 1. The van der Waals surface area contributed by atoms with Gasteiger partial charge in [-0.3, -0.25) is 4.99 Å². The Balaban J connectivity index is 0.00000261. The van der Waals surface area contributed by atoms with Gasteiger partial charge in [0.25, 0.3) is 0 Å². The standard InChI is InChI=1S/C19H21FN6.HI/c1-21-19(23-11-8-16-5-2-3-6-17(16)20)24-14-15-7-10-22-18(13-15)26-12-4-9-25-26;/h2-7,9-10,12-13H,8,11,14H2,1H3,(H2,21,23,24);1H. The predicted octanol–water partition coefficient (Wildman–Crippen LogP) is 2.93. The van der Waals surface area contributed by atoms with Crippen molar-refractivity contribution in [1.29, 1.82) is 0 Å². The number of rotatable bonds is 6. The molecule has 0 bridgehead atoms. The first-order valence-electron chi connectivity index (χ1n) is 8.39. The van der Waals surface area contributed by atoms with Crippen LogP contribution in [-0.4, -0.2) is 34.3 Å². The van der Waals surface area contributed by atoms with E-state index in [1.807, 2.05) is 30.5 Å². The Kier molecular flexibility index (Phi) is 8.18. The van der Waals surface area contributed by atoms with Crippen molar-refractivity contribution in [3.8, 4) is 5.82 Å². The lowest BCUT2D eigenvalue weighted by molar-refractivity contribution is 0.606. The van der Waals surface area contributed by atoms with Crippen LogP contribution in [0.2, 0.25) is 0 Å². The molecule has 0 saturated carbocycles. The summed E-state index contributed by atoms with van der Waals surface area (Å²) in [6, 6.07) is 12.6. The SMILES string of the molecule is CN=C(NCCc1ccccc1F)NCc1ccnc(-n2cccn2)c1.I. The number of nitrogens with one attached hydrogen (secondary N) is 2. The highest BCUT2D eigenvalue weighted by Crippen LogP contribution is 2.07. The molecule has 1 aromatic carbocycles. The Morgan fingerprint density at radius 3 is 2.74 bits per heavy atom. The van der Waals surface area contributed by atoms with Crippen LogP contribution < -0.4 is 10.6 Å². The second-order valence-electron chi connectivity index (χ2n) is 5.67. The third kappa shape index (κ3) is 6.02. The van der Waals surface area contributed by atoms with E-state index >= 15 is 0 Å². The zero-order valence-electron chi connectivity index (χ0n) is 15.0. The fraction of sp³-hybridized carbons (Fsp3) is 0.211. The highest BCUT2D eigenvalue weighted by molar-refractivity contribution is 14.0. The van der Waals surface area contributed by atoms with E-state index in [2.05, 4.69) is 25.7 Å². The molecule has 3 rings (SSSR count). The molecule has 0 fully saturated rings. The molecule has 0 radical (unpaired) electrons. The first-order valence-corrected chi connectivity index (χ1v) is 8.39. The van der Waals surface area contributed by atoms with Crippen molar-refractivity contribution < 1.29 is 4.39 Å². The van der Waals surface area contributed by atoms with Crippen molar-refractivity contribution >= 4 is 29.9 Å². The van der Waals surface area contributed by atoms with Crippen molar-refractivity contribution in [2.45, 2.75) is 13.0 Å². The van der Waals surface area contributed by atoms with Gasteiger partial charge in [0, 0.05) is 38.7 Å². The molecule has 0 atom stereocenters. The van der Waals surface area contributed by atoms with Crippen LogP contribution in [-0.2, 0) is 13.0 Å². The zero-order valence-corrected chi connectivity index (χ0v) is 17.3. The molecule has 2 N–H and O–H groups in total. The lowest BCUT2D eigenvalue weighted by Crippen LogP contribution is -2.37. The average molecular weight is 480 g/mol. The molecular formula is C19H22FIN6. The largest absolute Gasteiger partial charge is 0.356 e. The van der Waals surface area contributed by atoms with Crippen LogP contribution in [0.4, 0.5) is 4.39 Å². The van der Waals surface area contributed by atoms with Crippen LogP contribution in [0, 0.1) is 5.82 Å². The average Bonchev–Trinajstić information content (AvgIpc) is 3.21. The monoisotopic (exact) mass is 480 g/mol. The smallest absolute Gasteiger partial charge is 0.191 e. The van der Waals surface area contributed by atoms with Crippen molar-refractivity contribution in [2.75, 3.05) is 13.6 Å². The molecule has 3 aromatic rings. The van der Waals surface area contributed by atoms with Crippen molar-refractivity contribution in [2.24, 2.45) is 4.99 Å². The predicted molar refractivity (Wildman–Crippen MR) is 115 cm³/mol. The Hall–Kier alpha value is -2.49. The maximum atomic E-state index is 13.6. The summed E-state index contributed by atoms with van der Waals surface area (Å²) in [6.07, 6.45) is 5.91. The zero-order chi connectivity index (χ0) is 18.2. The summed E-state index contributed by atoms with van der Waals surface area (Å²) in [4.78, 5) is 8.51. The van der Waals surface area contributed by atoms with Gasteiger partial charge >= 0.3 is 0 Å². The molecule has 27 heavy (non-hydrogen) atoms. The number of hydrogen-bond donors (Lipinski definition) is 2. The normalized spacial score (nSPS) is 11.0. The lowest BCUT2D eigenvalue weighted by Gasteiger charge is -2.12. The van der Waals surface area contributed by atoms with Crippen molar-refractivity contribution in [3.05, 3.63) is 78.0 Å². The van der Waals surface area contributed by atoms with Crippen molar-refractivity contribution in [1.82, 2.24) is 25.4 Å². The van der Waals surface area contributed by atoms with E-state index in [0.717, 1.165) is 11.4 Å². The first-order chi connectivity index (χ1) is 12.8. The summed E-state index contributed by atoms with van der Waals surface area (Å²) < 4.78 is 15.3. The molecule has 0 aliphatic carbocycles. The molecule has 0 aliphatic heterocycles. The van der Waals surface area contributed by atoms with Gasteiger partial charge in [-0.25, -0.2) is 14.1 Å². The molecular weight excluding hydrogens is 458 g/mol. The van der Waals surface area contributed by atoms with E-state index in [4.69, 9.17) is 0 Å². The highest BCUT2D eigenvalue weighted by atomic mass is 127. The molecule has 0 spiro atoms. The van der Waals surface area contributed by atoms with Gasteiger partial charge in [-0.05, 0) is 41.8 Å². The van der Waals surface area contributed by atoms with Crippen LogP contribution in [0.25, 0.3) is 5.82 Å². The summed E-state index contributed by atoms with van der Waals surface area (Å²) in [5, 5.41) is 10.6. The van der Waals surface area contributed by atoms with Gasteiger partial charge in [-0.1, -0.05) is 18.2 Å². The highest BCUT2D eigenvalue weighted by Gasteiger charge is 2.04. The second kappa shape index (κ2) is 10.6. The van der Waals surface area contributed by atoms with E-state index in [1.165, 1.54) is 6.07 Å². The molecule has 0 aliphatic rings. The van der Waals surface area contributed by atoms with E-state index in [0.29, 0.717) is 31.0 Å². The molecule has 0 unspecified atom stereocenters. The van der Waals surface area contributed by atoms with E-state index in [9.17, 15) is 4.39 Å². The molecule has 8 heteroatoms. The quantitative estimate of drug-likeness (QED) is 0.324. The minimum absolute atomic E-state index is 0. The molecule has 0 amide bonds. The summed E-state index contributed by atoms with van der Waals surface area (Å²) in [5.74, 6) is 1.25. The summed E-state index contributed by atoms with van der Waals surface area (Å²) in [7, 11) is 1.71. The van der Waals surface area contributed by atoms with Gasteiger partial charge in [0.05, 0.1) is 0 Å². The van der Waals surface area contributed by atoms with E-state index < -0.39 is 0 Å². The Morgan fingerprint density at radius 1 is 1.15 bits per heavy atom. The number of aromatic nitrogens is 3. The molecule has 2 aromatic heterocycles. The van der Waals surface area contributed by atoms with Gasteiger partial charge in [0.1, 0.15) is 5.82 Å². The maximum absolute atomic E-state index is 13.6. The van der Waals surface area contributed by atoms with Gasteiger partial charge < -0.3 is 10.6 Å². The van der Waals surface area contributed by atoms with Crippen LogP contribution in [0.3, 0.4) is 0 Å². The third-order valence-corrected chi connectivity index (χ3v) is 3.88. The van der Waals surface area contributed by atoms with Gasteiger partial charge in [0.15, 0.2) is 11.8 Å². The number of halogens is 2. The Morgan fingerprint density at radius 2 is 2.00 bits per heavy atom. The van der Waals surface area contributed by atoms with Gasteiger partial charge in [-0.15, -0.1) is 24.0 Å². The number of hydrogen-bond acceptors (Lipinski definition) is 3. The summed E-state index contributed by atoms with van der Waals surface area (Å²) >= 11 is 0. The van der Waals surface area contributed by atoms with Gasteiger partial charge in [-0.2, -0.15) is 5.10 Å². The van der Waals surface area contributed by atoms with Crippen LogP contribution in [0.15, 0.2) is 66.0 Å². The fourth-order valence-electron chi connectivity index (χ4n) is 2.52. The van der Waals surface area contributed by atoms with Crippen molar-refractivity contribution in [3.63, 3.8) is 0 Å². The number of aliphatic imine (C=N–C) groups is 1. The maximum Gasteiger partial charge on any atom is 0.191 e. The van der Waals surface area contributed by atoms with E-state index in [1.54, 1.807) is 36.3 Å². The second-order valence-corrected chi connectivity index (χ2v) is 5.67. The molecule has 6 nitrogen and oxygen atoms in total. The number of benzene rings is 1. The molecule has 2 heterocycles.